The summed E-state index contributed by atoms with van der Waals surface area (Å²) < 4.78 is 0. The summed E-state index contributed by atoms with van der Waals surface area (Å²) in [6.07, 6.45) is 2.39. The van der Waals surface area contributed by atoms with Crippen molar-refractivity contribution >= 4 is 5.97 Å². The summed E-state index contributed by atoms with van der Waals surface area (Å²) in [5, 5.41) is 8.77. The Hall–Kier alpha value is -2.16. The third-order valence-electron chi connectivity index (χ3n) is 2.67. The predicted octanol–water partition coefficient (Wildman–Crippen LogP) is 3.01. The number of nitrogens with zero attached hydrogens (tertiary/aromatic N) is 1. The quantitative estimate of drug-likeness (QED) is 0.876. The maximum absolute atomic E-state index is 10.7. The molecule has 0 saturated carbocycles. The zero-order valence-corrected chi connectivity index (χ0v) is 9.55. The van der Waals surface area contributed by atoms with Gasteiger partial charge in [0.2, 0.25) is 0 Å². The second-order valence-electron chi connectivity index (χ2n) is 3.79. The van der Waals surface area contributed by atoms with E-state index in [9.17, 15) is 4.79 Å². The van der Waals surface area contributed by atoms with Crippen LogP contribution in [0.2, 0.25) is 0 Å². The molecule has 3 heteroatoms. The Morgan fingerprint density at radius 3 is 2.35 bits per heavy atom. The summed E-state index contributed by atoms with van der Waals surface area (Å²) in [4.78, 5) is 14.8. The van der Waals surface area contributed by atoms with Crippen molar-refractivity contribution in [1.82, 2.24) is 4.98 Å². The van der Waals surface area contributed by atoms with Crippen LogP contribution in [0.5, 0.6) is 0 Å². The lowest BCUT2D eigenvalue weighted by Gasteiger charge is -2.02. The normalized spacial score (nSPS) is 10.2. The van der Waals surface area contributed by atoms with Crippen molar-refractivity contribution in [2.45, 2.75) is 13.3 Å². The van der Waals surface area contributed by atoms with E-state index in [1.165, 1.54) is 11.8 Å². The molecule has 0 unspecified atom stereocenters. The minimum absolute atomic E-state index is 0.207. The molecule has 1 heterocycles. The summed E-state index contributed by atoms with van der Waals surface area (Å²) in [6.45, 7) is 2.11. The van der Waals surface area contributed by atoms with E-state index in [0.717, 1.165) is 17.7 Å². The number of rotatable bonds is 3. The fraction of sp³-hybridized carbons (Fsp3) is 0.143. The summed E-state index contributed by atoms with van der Waals surface area (Å²) >= 11 is 0. The number of aromatic carboxylic acids is 1. The van der Waals surface area contributed by atoms with Crippen LogP contribution in [-0.2, 0) is 6.42 Å². The van der Waals surface area contributed by atoms with Crippen molar-refractivity contribution in [3.05, 3.63) is 53.7 Å². The lowest BCUT2D eigenvalue weighted by molar-refractivity contribution is 0.0696. The second-order valence-corrected chi connectivity index (χ2v) is 3.79. The Bertz CT molecular complexity index is 515. The highest BCUT2D eigenvalue weighted by Gasteiger charge is 2.04. The zero-order valence-electron chi connectivity index (χ0n) is 9.55. The van der Waals surface area contributed by atoms with Crippen LogP contribution in [0.4, 0.5) is 0 Å². The monoisotopic (exact) mass is 227 g/mol. The van der Waals surface area contributed by atoms with Crippen LogP contribution in [-0.4, -0.2) is 16.1 Å². The van der Waals surface area contributed by atoms with Gasteiger partial charge in [0.05, 0.1) is 11.3 Å². The first kappa shape index (κ1) is 11.3. The van der Waals surface area contributed by atoms with Gasteiger partial charge in [0.25, 0.3) is 0 Å². The van der Waals surface area contributed by atoms with Gasteiger partial charge in [0.1, 0.15) is 0 Å². The molecular weight excluding hydrogens is 214 g/mol. The number of hydrogen-bond donors (Lipinski definition) is 1. The van der Waals surface area contributed by atoms with Gasteiger partial charge in [-0.1, -0.05) is 31.2 Å². The first-order valence-corrected chi connectivity index (χ1v) is 5.49. The Morgan fingerprint density at radius 2 is 1.88 bits per heavy atom. The highest BCUT2D eigenvalue weighted by molar-refractivity contribution is 5.87. The lowest BCUT2D eigenvalue weighted by Crippen LogP contribution is -1.97. The van der Waals surface area contributed by atoms with Gasteiger partial charge >= 0.3 is 5.97 Å². The van der Waals surface area contributed by atoms with E-state index in [0.29, 0.717) is 0 Å². The molecule has 0 bridgehead atoms. The molecule has 2 aromatic rings. The highest BCUT2D eigenvalue weighted by Crippen LogP contribution is 2.17. The molecule has 0 amide bonds. The Kier molecular flexibility index (Phi) is 3.19. The molecule has 3 nitrogen and oxygen atoms in total. The Morgan fingerprint density at radius 1 is 1.18 bits per heavy atom. The average Bonchev–Trinajstić information content (AvgIpc) is 2.39. The Balaban J connectivity index is 2.29. The van der Waals surface area contributed by atoms with Crippen molar-refractivity contribution in [1.29, 1.82) is 0 Å². The molecule has 1 aromatic carbocycles. The van der Waals surface area contributed by atoms with Gasteiger partial charge in [-0.15, -0.1) is 0 Å². The molecular formula is C14H13NO2. The van der Waals surface area contributed by atoms with Crippen LogP contribution in [0.25, 0.3) is 11.3 Å². The van der Waals surface area contributed by atoms with Gasteiger partial charge in [-0.25, -0.2) is 4.79 Å². The molecule has 0 aliphatic rings. The third kappa shape index (κ3) is 2.50. The molecule has 86 valence electrons. The van der Waals surface area contributed by atoms with Gasteiger partial charge in [-0.05, 0) is 24.1 Å². The molecule has 17 heavy (non-hydrogen) atoms. The number of benzene rings is 1. The molecule has 0 atom stereocenters. The van der Waals surface area contributed by atoms with E-state index in [-0.39, 0.29) is 5.56 Å². The molecule has 0 saturated heterocycles. The minimum atomic E-state index is -0.953. The van der Waals surface area contributed by atoms with Crippen molar-refractivity contribution in [2.24, 2.45) is 0 Å². The predicted molar refractivity (Wildman–Crippen MR) is 66.0 cm³/mol. The average molecular weight is 227 g/mol. The number of pyridine rings is 1. The van der Waals surface area contributed by atoms with Crippen LogP contribution < -0.4 is 0 Å². The maximum Gasteiger partial charge on any atom is 0.337 e. The minimum Gasteiger partial charge on any atom is -0.478 e. The van der Waals surface area contributed by atoms with E-state index in [4.69, 9.17) is 5.11 Å². The van der Waals surface area contributed by atoms with Crippen molar-refractivity contribution in [3.8, 4) is 11.3 Å². The molecule has 0 radical (unpaired) electrons. The number of aryl methyl sites for hydroxylation is 1. The topological polar surface area (TPSA) is 50.2 Å². The molecule has 0 spiro atoms. The number of hydrogen-bond acceptors (Lipinski definition) is 2. The van der Waals surface area contributed by atoms with Crippen molar-refractivity contribution < 1.29 is 9.90 Å². The summed E-state index contributed by atoms with van der Waals surface area (Å²) in [6, 6.07) is 11.4. The summed E-state index contributed by atoms with van der Waals surface area (Å²) in [5.41, 5.74) is 3.27. The van der Waals surface area contributed by atoms with E-state index in [1.54, 1.807) is 12.1 Å². The molecule has 1 aromatic heterocycles. The standard InChI is InChI=1S/C14H13NO2/c1-2-10-3-5-11(6-4-10)13-8-7-12(9-15-13)14(16)17/h3-9H,2H2,1H3,(H,16,17). The van der Waals surface area contributed by atoms with Crippen LogP contribution in [0.3, 0.4) is 0 Å². The Labute approximate surface area is 99.8 Å². The second kappa shape index (κ2) is 4.78. The SMILES string of the molecule is CCc1ccc(-c2ccc(C(=O)O)cn2)cc1. The van der Waals surface area contributed by atoms with Gasteiger partial charge < -0.3 is 5.11 Å². The van der Waals surface area contributed by atoms with E-state index < -0.39 is 5.97 Å². The number of carboxylic acids is 1. The van der Waals surface area contributed by atoms with Gasteiger partial charge in [-0.3, -0.25) is 4.98 Å². The van der Waals surface area contributed by atoms with Crippen LogP contribution >= 0.6 is 0 Å². The number of carboxylic acid groups (broad SMARTS) is 1. The van der Waals surface area contributed by atoms with Gasteiger partial charge in [0.15, 0.2) is 0 Å². The molecule has 1 N–H and O–H groups in total. The molecule has 0 fully saturated rings. The van der Waals surface area contributed by atoms with E-state index in [2.05, 4.69) is 24.0 Å². The number of aromatic nitrogens is 1. The largest absolute Gasteiger partial charge is 0.478 e. The lowest BCUT2D eigenvalue weighted by atomic mass is 10.1. The highest BCUT2D eigenvalue weighted by atomic mass is 16.4. The third-order valence-corrected chi connectivity index (χ3v) is 2.67. The maximum atomic E-state index is 10.7. The van der Waals surface area contributed by atoms with E-state index in [1.807, 2.05) is 12.1 Å². The number of carbonyl (C=O) groups is 1. The van der Waals surface area contributed by atoms with Crippen LogP contribution in [0.15, 0.2) is 42.6 Å². The zero-order chi connectivity index (χ0) is 12.3. The smallest absolute Gasteiger partial charge is 0.337 e. The molecule has 0 aliphatic carbocycles. The van der Waals surface area contributed by atoms with Gasteiger partial charge in [0, 0.05) is 11.8 Å². The first-order chi connectivity index (χ1) is 8.20. The van der Waals surface area contributed by atoms with Crippen LogP contribution in [0.1, 0.15) is 22.8 Å². The fourth-order valence-corrected chi connectivity index (χ4v) is 1.60. The summed E-state index contributed by atoms with van der Waals surface area (Å²) in [7, 11) is 0. The fourth-order valence-electron chi connectivity index (χ4n) is 1.60. The summed E-state index contributed by atoms with van der Waals surface area (Å²) in [5.74, 6) is -0.953. The first-order valence-electron chi connectivity index (χ1n) is 5.49. The van der Waals surface area contributed by atoms with Crippen molar-refractivity contribution in [3.63, 3.8) is 0 Å². The van der Waals surface area contributed by atoms with Crippen LogP contribution in [0, 0.1) is 0 Å². The van der Waals surface area contributed by atoms with E-state index >= 15 is 0 Å². The molecule has 0 aliphatic heterocycles. The molecule has 2 rings (SSSR count). The van der Waals surface area contributed by atoms with Gasteiger partial charge in [-0.2, -0.15) is 0 Å². The van der Waals surface area contributed by atoms with Crippen molar-refractivity contribution in [2.75, 3.05) is 0 Å².